The average Bonchev–Trinajstić information content (AvgIpc) is 3.00. The van der Waals surface area contributed by atoms with Crippen LogP contribution in [0.3, 0.4) is 0 Å². The van der Waals surface area contributed by atoms with Crippen molar-refractivity contribution in [3.8, 4) is 0 Å². The number of nitrogens with zero attached hydrogens (tertiary/aromatic N) is 2. The van der Waals surface area contributed by atoms with Crippen LogP contribution in [0.25, 0.3) is 0 Å². The van der Waals surface area contributed by atoms with Gasteiger partial charge in [-0.2, -0.15) is 0 Å². The Morgan fingerprint density at radius 3 is 2.05 bits per heavy atom. The summed E-state index contributed by atoms with van der Waals surface area (Å²) in [4.78, 5) is 27.7. The van der Waals surface area contributed by atoms with Crippen molar-refractivity contribution in [3.63, 3.8) is 0 Å². The van der Waals surface area contributed by atoms with Crippen molar-refractivity contribution in [1.82, 2.24) is 9.80 Å². The number of carbonyl (C=O) groups excluding carboxylic acids is 2. The van der Waals surface area contributed by atoms with Gasteiger partial charge in [0.25, 0.3) is 0 Å². The normalized spacial score (nSPS) is 21.4. The second-order valence-electron chi connectivity index (χ2n) is 6.53. The van der Waals surface area contributed by atoms with Crippen LogP contribution in [0, 0.1) is 11.3 Å². The minimum absolute atomic E-state index is 0.223. The van der Waals surface area contributed by atoms with Crippen molar-refractivity contribution >= 4 is 11.8 Å². The summed E-state index contributed by atoms with van der Waals surface area (Å²) >= 11 is 0. The van der Waals surface area contributed by atoms with Crippen LogP contribution in [0.15, 0.2) is 0 Å². The molecule has 2 fully saturated rings. The molecule has 0 aromatic rings. The summed E-state index contributed by atoms with van der Waals surface area (Å²) in [7, 11) is 0. The maximum Gasteiger partial charge on any atom is 0.248 e. The Balaban J connectivity index is 1.92. The van der Waals surface area contributed by atoms with Gasteiger partial charge >= 0.3 is 0 Å². The van der Waals surface area contributed by atoms with Crippen LogP contribution in [-0.2, 0) is 9.59 Å². The first-order chi connectivity index (χ1) is 9.46. The summed E-state index contributed by atoms with van der Waals surface area (Å²) in [6, 6.07) is 0. The quantitative estimate of drug-likeness (QED) is 0.835. The van der Waals surface area contributed by atoms with Crippen LogP contribution in [0.5, 0.6) is 0 Å². The molecule has 0 aromatic heterocycles. The molecule has 1 saturated carbocycles. The summed E-state index contributed by atoms with van der Waals surface area (Å²) in [5, 5.41) is 8.86. The number of rotatable bonds is 3. The molecule has 5 nitrogen and oxygen atoms in total. The van der Waals surface area contributed by atoms with Crippen molar-refractivity contribution in [2.45, 2.75) is 39.5 Å². The van der Waals surface area contributed by atoms with E-state index in [2.05, 4.69) is 13.8 Å². The van der Waals surface area contributed by atoms with Crippen molar-refractivity contribution in [1.29, 1.82) is 0 Å². The third-order valence-corrected chi connectivity index (χ3v) is 4.98. The largest absolute Gasteiger partial charge is 0.387 e. The van der Waals surface area contributed by atoms with Crippen molar-refractivity contribution in [2.75, 3.05) is 32.8 Å². The smallest absolute Gasteiger partial charge is 0.248 e. The van der Waals surface area contributed by atoms with Gasteiger partial charge in [0.15, 0.2) is 0 Å². The minimum Gasteiger partial charge on any atom is -0.387 e. The molecular weight excluding hydrogens is 256 g/mol. The number of amides is 2. The highest BCUT2D eigenvalue weighted by molar-refractivity contribution is 5.83. The average molecular weight is 282 g/mol. The van der Waals surface area contributed by atoms with E-state index in [4.69, 9.17) is 5.11 Å². The van der Waals surface area contributed by atoms with E-state index in [1.54, 1.807) is 4.90 Å². The standard InChI is InChI=1S/C15H26N2O3/c1-15(2,12-5-3-4-6-12)14(20)17-9-7-16(8-10-17)13(19)11-18/h12,18H,3-11H2,1-2H3. The van der Waals surface area contributed by atoms with Crippen LogP contribution >= 0.6 is 0 Å². The zero-order valence-corrected chi connectivity index (χ0v) is 12.6. The molecule has 2 aliphatic rings. The van der Waals surface area contributed by atoms with E-state index >= 15 is 0 Å². The second kappa shape index (κ2) is 6.12. The van der Waals surface area contributed by atoms with Crippen LogP contribution in [0.1, 0.15) is 39.5 Å². The van der Waals surface area contributed by atoms with Gasteiger partial charge in [-0.25, -0.2) is 0 Å². The van der Waals surface area contributed by atoms with E-state index in [0.717, 1.165) is 12.8 Å². The number of piperazine rings is 1. The Morgan fingerprint density at radius 2 is 1.55 bits per heavy atom. The maximum atomic E-state index is 12.7. The predicted octanol–water partition coefficient (Wildman–Crippen LogP) is 0.866. The van der Waals surface area contributed by atoms with Gasteiger partial charge in [0.1, 0.15) is 6.61 Å². The van der Waals surface area contributed by atoms with Gasteiger partial charge in [-0.05, 0) is 18.8 Å². The van der Waals surface area contributed by atoms with Gasteiger partial charge in [0.2, 0.25) is 11.8 Å². The molecule has 0 aromatic carbocycles. The van der Waals surface area contributed by atoms with Crippen LogP contribution in [0.4, 0.5) is 0 Å². The minimum atomic E-state index is -0.443. The molecule has 0 bridgehead atoms. The number of carbonyl (C=O) groups is 2. The number of aliphatic hydroxyl groups is 1. The van der Waals surface area contributed by atoms with Crippen LogP contribution in [-0.4, -0.2) is 59.5 Å². The molecule has 0 radical (unpaired) electrons. The first kappa shape index (κ1) is 15.3. The van der Waals surface area contributed by atoms with Crippen LogP contribution in [0.2, 0.25) is 0 Å². The van der Waals surface area contributed by atoms with E-state index in [9.17, 15) is 9.59 Å². The molecular formula is C15H26N2O3. The fourth-order valence-corrected chi connectivity index (χ4v) is 3.49. The maximum absolute atomic E-state index is 12.7. The van der Waals surface area contributed by atoms with Crippen molar-refractivity contribution in [3.05, 3.63) is 0 Å². The summed E-state index contributed by atoms with van der Waals surface area (Å²) in [5.74, 6) is 0.472. The van der Waals surface area contributed by atoms with Gasteiger partial charge in [-0.3, -0.25) is 9.59 Å². The Morgan fingerprint density at radius 1 is 1.05 bits per heavy atom. The lowest BCUT2D eigenvalue weighted by Gasteiger charge is -2.40. The first-order valence-electron chi connectivity index (χ1n) is 7.65. The molecule has 0 atom stereocenters. The van der Waals surface area contributed by atoms with Gasteiger partial charge in [-0.15, -0.1) is 0 Å². The van der Waals surface area contributed by atoms with Gasteiger partial charge < -0.3 is 14.9 Å². The summed E-state index contributed by atoms with van der Waals surface area (Å²) in [6.45, 7) is 5.92. The highest BCUT2D eigenvalue weighted by Crippen LogP contribution is 2.40. The van der Waals surface area contributed by atoms with E-state index in [1.165, 1.54) is 12.8 Å². The Hall–Kier alpha value is -1.10. The zero-order chi connectivity index (χ0) is 14.8. The molecule has 2 rings (SSSR count). The molecule has 1 N–H and O–H groups in total. The lowest BCUT2D eigenvalue weighted by molar-refractivity contribution is -0.148. The molecule has 2 amide bonds. The SMILES string of the molecule is CC(C)(C(=O)N1CCN(C(=O)CO)CC1)C1CCCC1. The molecule has 1 aliphatic heterocycles. The Labute approximate surface area is 120 Å². The zero-order valence-electron chi connectivity index (χ0n) is 12.6. The lowest BCUT2D eigenvalue weighted by atomic mass is 9.76. The van der Waals surface area contributed by atoms with Crippen molar-refractivity contribution < 1.29 is 14.7 Å². The van der Waals surface area contributed by atoms with Crippen LogP contribution < -0.4 is 0 Å². The molecule has 0 unspecified atom stereocenters. The first-order valence-corrected chi connectivity index (χ1v) is 7.65. The molecule has 1 aliphatic carbocycles. The van der Waals surface area contributed by atoms with E-state index in [1.807, 2.05) is 4.90 Å². The highest BCUT2D eigenvalue weighted by Gasteiger charge is 2.41. The monoisotopic (exact) mass is 282 g/mol. The highest BCUT2D eigenvalue weighted by atomic mass is 16.3. The second-order valence-corrected chi connectivity index (χ2v) is 6.53. The van der Waals surface area contributed by atoms with E-state index in [-0.39, 0.29) is 17.2 Å². The molecule has 1 saturated heterocycles. The summed E-state index contributed by atoms with van der Waals surface area (Å²) in [5.41, 5.74) is -0.292. The fraction of sp³-hybridized carbons (Fsp3) is 0.867. The van der Waals surface area contributed by atoms with E-state index in [0.29, 0.717) is 32.1 Å². The topological polar surface area (TPSA) is 60.9 Å². The molecule has 5 heteroatoms. The number of aliphatic hydroxyl groups excluding tert-OH is 1. The van der Waals surface area contributed by atoms with Gasteiger partial charge in [-0.1, -0.05) is 26.7 Å². The fourth-order valence-electron chi connectivity index (χ4n) is 3.49. The number of hydrogen-bond acceptors (Lipinski definition) is 3. The summed E-state index contributed by atoms with van der Waals surface area (Å²) in [6.07, 6.45) is 4.78. The molecule has 1 heterocycles. The van der Waals surface area contributed by atoms with Gasteiger partial charge in [0, 0.05) is 31.6 Å². The van der Waals surface area contributed by atoms with Gasteiger partial charge in [0.05, 0.1) is 0 Å². The third-order valence-electron chi connectivity index (χ3n) is 4.98. The Bertz CT molecular complexity index is 367. The number of hydrogen-bond donors (Lipinski definition) is 1. The molecule has 20 heavy (non-hydrogen) atoms. The molecule has 0 spiro atoms. The summed E-state index contributed by atoms with van der Waals surface area (Å²) < 4.78 is 0. The lowest BCUT2D eigenvalue weighted by Crippen LogP contribution is -2.54. The van der Waals surface area contributed by atoms with Crippen molar-refractivity contribution in [2.24, 2.45) is 11.3 Å². The Kier molecular flexibility index (Phi) is 4.68. The van der Waals surface area contributed by atoms with E-state index < -0.39 is 6.61 Å². The third kappa shape index (κ3) is 2.97. The molecule has 114 valence electrons. The predicted molar refractivity (Wildman–Crippen MR) is 76.0 cm³/mol.